The first-order valence-corrected chi connectivity index (χ1v) is 9.40. The molecular formula is C22H26N2O4. The number of ether oxygens (including phenoxy) is 2. The summed E-state index contributed by atoms with van der Waals surface area (Å²) in [5.41, 5.74) is 1.85. The van der Waals surface area contributed by atoms with Crippen molar-refractivity contribution in [3.8, 4) is 11.8 Å². The fraction of sp³-hybridized carbons (Fsp3) is 0.409. The highest BCUT2D eigenvalue weighted by Crippen LogP contribution is 2.50. The van der Waals surface area contributed by atoms with Gasteiger partial charge in [0, 0.05) is 12.0 Å². The number of pyridine rings is 1. The molecule has 1 aliphatic carbocycles. The largest absolute Gasteiger partial charge is 0.481 e. The number of aldehydes is 1. The van der Waals surface area contributed by atoms with Gasteiger partial charge in [-0.2, -0.15) is 4.98 Å². The number of anilines is 1. The molecule has 1 aromatic heterocycles. The Morgan fingerprint density at radius 3 is 2.50 bits per heavy atom. The van der Waals surface area contributed by atoms with E-state index in [0.29, 0.717) is 24.4 Å². The van der Waals surface area contributed by atoms with Crippen LogP contribution in [0.1, 0.15) is 43.7 Å². The van der Waals surface area contributed by atoms with Gasteiger partial charge in [-0.3, -0.25) is 4.79 Å². The van der Waals surface area contributed by atoms with Gasteiger partial charge in [-0.1, -0.05) is 38.1 Å². The number of carbonyl (C=O) groups excluding carboxylic acids is 2. The first-order valence-electron chi connectivity index (χ1n) is 9.40. The van der Waals surface area contributed by atoms with Crippen molar-refractivity contribution in [3.05, 3.63) is 47.5 Å². The number of hydrogen-bond donors (Lipinski definition) is 1. The molecule has 1 aromatic carbocycles. The number of hydrogen-bond acceptors (Lipinski definition) is 5. The molecule has 0 atom stereocenters. The van der Waals surface area contributed by atoms with Crippen LogP contribution in [0.5, 0.6) is 11.8 Å². The Morgan fingerprint density at radius 2 is 1.89 bits per heavy atom. The smallest absolute Gasteiger partial charge is 0.240 e. The molecule has 0 saturated heterocycles. The zero-order valence-electron chi connectivity index (χ0n) is 16.7. The van der Waals surface area contributed by atoms with Gasteiger partial charge >= 0.3 is 0 Å². The first-order chi connectivity index (χ1) is 13.4. The Kier molecular flexibility index (Phi) is 5.68. The van der Waals surface area contributed by atoms with Gasteiger partial charge < -0.3 is 19.6 Å². The minimum absolute atomic E-state index is 0.109. The van der Waals surface area contributed by atoms with Crippen LogP contribution < -0.4 is 14.8 Å². The molecule has 3 rings (SSSR count). The van der Waals surface area contributed by atoms with Crippen molar-refractivity contribution in [1.29, 1.82) is 0 Å². The zero-order valence-corrected chi connectivity index (χ0v) is 16.7. The van der Waals surface area contributed by atoms with Crippen LogP contribution in [0.15, 0.2) is 36.4 Å². The lowest BCUT2D eigenvalue weighted by molar-refractivity contribution is -0.129. The van der Waals surface area contributed by atoms with Gasteiger partial charge in [0.15, 0.2) is 0 Å². The highest BCUT2D eigenvalue weighted by atomic mass is 16.5. The summed E-state index contributed by atoms with van der Waals surface area (Å²) in [6.07, 6.45) is 1.94. The predicted octanol–water partition coefficient (Wildman–Crippen LogP) is 3.71. The van der Waals surface area contributed by atoms with Crippen molar-refractivity contribution in [2.75, 3.05) is 19.5 Å². The number of methoxy groups -OCH3 is 2. The normalized spacial score (nSPS) is 21.0. The summed E-state index contributed by atoms with van der Waals surface area (Å²) in [5.74, 6) is 0.699. The second kappa shape index (κ2) is 8.00. The third kappa shape index (κ3) is 3.46. The van der Waals surface area contributed by atoms with Gasteiger partial charge in [0.2, 0.25) is 17.7 Å². The lowest BCUT2D eigenvalue weighted by atomic mass is 9.57. The average molecular weight is 382 g/mol. The molecule has 0 radical (unpaired) electrons. The summed E-state index contributed by atoms with van der Waals surface area (Å²) < 4.78 is 10.4. The van der Waals surface area contributed by atoms with Crippen molar-refractivity contribution in [2.45, 2.75) is 38.0 Å². The van der Waals surface area contributed by atoms with Crippen LogP contribution >= 0.6 is 0 Å². The maximum absolute atomic E-state index is 13.4. The number of nitrogens with zero attached hydrogens (tertiary/aromatic N) is 1. The molecule has 6 nitrogen and oxygen atoms in total. The Morgan fingerprint density at radius 1 is 1.18 bits per heavy atom. The predicted molar refractivity (Wildman–Crippen MR) is 107 cm³/mol. The number of nitrogens with one attached hydrogen (secondary N) is 1. The highest BCUT2D eigenvalue weighted by Gasteiger charge is 2.52. The molecule has 6 heteroatoms. The summed E-state index contributed by atoms with van der Waals surface area (Å²) in [6, 6.07) is 11.4. The number of aromatic nitrogens is 1. The SMILES string of the molecule is COc1ccc(NC(=O)C2(c3ccccc3C(C)C)CC(C=O)C2)c(OC)n1. The van der Waals surface area contributed by atoms with Crippen LogP contribution in [0.2, 0.25) is 0 Å². The molecule has 1 fully saturated rings. The van der Waals surface area contributed by atoms with E-state index < -0.39 is 5.41 Å². The first kappa shape index (κ1) is 19.9. The second-order valence-corrected chi connectivity index (χ2v) is 7.49. The van der Waals surface area contributed by atoms with Crippen LogP contribution in [-0.4, -0.2) is 31.4 Å². The standard InChI is InChI=1S/C22H26N2O4/c1-14(2)16-7-5-6-8-17(16)22(11-15(12-22)13-25)21(26)23-18-9-10-19(27-3)24-20(18)28-4/h5-10,13-15H,11-12H2,1-4H3,(H,23,26). The Bertz CT molecular complexity index is 873. The van der Waals surface area contributed by atoms with E-state index in [4.69, 9.17) is 9.47 Å². The number of benzene rings is 1. The zero-order chi connectivity index (χ0) is 20.3. The summed E-state index contributed by atoms with van der Waals surface area (Å²) >= 11 is 0. The summed E-state index contributed by atoms with van der Waals surface area (Å²) in [6.45, 7) is 4.22. The summed E-state index contributed by atoms with van der Waals surface area (Å²) in [7, 11) is 3.01. The molecule has 1 amide bonds. The van der Waals surface area contributed by atoms with E-state index in [1.807, 2.05) is 18.2 Å². The summed E-state index contributed by atoms with van der Waals surface area (Å²) in [4.78, 5) is 29.0. The topological polar surface area (TPSA) is 77.5 Å². The third-order valence-electron chi connectivity index (χ3n) is 5.43. The van der Waals surface area contributed by atoms with E-state index in [-0.39, 0.29) is 23.6 Å². The van der Waals surface area contributed by atoms with Crippen LogP contribution in [0, 0.1) is 5.92 Å². The fourth-order valence-corrected chi connectivity index (χ4v) is 3.93. The van der Waals surface area contributed by atoms with Crippen molar-refractivity contribution < 1.29 is 19.1 Å². The number of amides is 1. The molecule has 0 spiro atoms. The number of carbonyl (C=O) groups is 2. The molecule has 0 unspecified atom stereocenters. The van der Waals surface area contributed by atoms with Crippen molar-refractivity contribution in [1.82, 2.24) is 4.98 Å². The van der Waals surface area contributed by atoms with Gasteiger partial charge in [0.1, 0.15) is 12.0 Å². The molecule has 0 bridgehead atoms. The maximum atomic E-state index is 13.4. The molecule has 2 aromatic rings. The molecule has 1 saturated carbocycles. The lowest BCUT2D eigenvalue weighted by Gasteiger charge is -2.45. The van der Waals surface area contributed by atoms with Crippen molar-refractivity contribution >= 4 is 17.9 Å². The minimum Gasteiger partial charge on any atom is -0.481 e. The average Bonchev–Trinajstić information content (AvgIpc) is 2.68. The van der Waals surface area contributed by atoms with E-state index in [2.05, 4.69) is 30.2 Å². The quantitative estimate of drug-likeness (QED) is 0.739. The van der Waals surface area contributed by atoms with E-state index in [9.17, 15) is 9.59 Å². The molecule has 1 heterocycles. The van der Waals surface area contributed by atoms with Crippen LogP contribution in [-0.2, 0) is 15.0 Å². The Labute approximate surface area is 165 Å². The van der Waals surface area contributed by atoms with E-state index >= 15 is 0 Å². The van der Waals surface area contributed by atoms with Gasteiger partial charge in [-0.05, 0) is 36.0 Å². The molecule has 1 aliphatic rings. The molecule has 28 heavy (non-hydrogen) atoms. The van der Waals surface area contributed by atoms with Gasteiger partial charge in [0.05, 0.1) is 19.6 Å². The van der Waals surface area contributed by atoms with Crippen LogP contribution in [0.3, 0.4) is 0 Å². The Balaban J connectivity index is 1.98. The molecule has 1 N–H and O–H groups in total. The van der Waals surface area contributed by atoms with Crippen LogP contribution in [0.4, 0.5) is 5.69 Å². The van der Waals surface area contributed by atoms with E-state index in [1.54, 1.807) is 12.1 Å². The van der Waals surface area contributed by atoms with E-state index in [0.717, 1.165) is 17.4 Å². The minimum atomic E-state index is -0.739. The van der Waals surface area contributed by atoms with Crippen LogP contribution in [0.25, 0.3) is 0 Å². The van der Waals surface area contributed by atoms with Crippen molar-refractivity contribution in [2.24, 2.45) is 5.92 Å². The Hall–Kier alpha value is -2.89. The fourth-order valence-electron chi connectivity index (χ4n) is 3.93. The van der Waals surface area contributed by atoms with E-state index in [1.165, 1.54) is 14.2 Å². The molecular weight excluding hydrogens is 356 g/mol. The van der Waals surface area contributed by atoms with Gasteiger partial charge in [-0.25, -0.2) is 0 Å². The summed E-state index contributed by atoms with van der Waals surface area (Å²) in [5, 5.41) is 2.97. The molecule has 0 aliphatic heterocycles. The number of rotatable bonds is 7. The second-order valence-electron chi connectivity index (χ2n) is 7.49. The third-order valence-corrected chi connectivity index (χ3v) is 5.43. The lowest BCUT2D eigenvalue weighted by Crippen LogP contribution is -2.51. The van der Waals surface area contributed by atoms with Gasteiger partial charge in [0.25, 0.3) is 0 Å². The molecule has 148 valence electrons. The maximum Gasteiger partial charge on any atom is 0.240 e. The highest BCUT2D eigenvalue weighted by molar-refractivity contribution is 6.01. The monoisotopic (exact) mass is 382 g/mol. The van der Waals surface area contributed by atoms with Gasteiger partial charge in [-0.15, -0.1) is 0 Å². The van der Waals surface area contributed by atoms with Crippen molar-refractivity contribution in [3.63, 3.8) is 0 Å².